The van der Waals surface area contributed by atoms with Gasteiger partial charge in [0.15, 0.2) is 0 Å². The van der Waals surface area contributed by atoms with E-state index in [1.54, 1.807) is 24.3 Å². The quantitative estimate of drug-likeness (QED) is 0.805. The highest BCUT2D eigenvalue weighted by molar-refractivity contribution is 7.89. The maximum Gasteiger partial charge on any atom is 0.243 e. The molecule has 5 nitrogen and oxygen atoms in total. The molecule has 2 aliphatic carbocycles. The number of hydrogen-bond donors (Lipinski definition) is 1. The molecule has 1 aromatic carbocycles. The topological polar surface area (TPSA) is 66.5 Å². The minimum atomic E-state index is -3.45. The minimum absolute atomic E-state index is 0.0388. The predicted molar refractivity (Wildman–Crippen MR) is 98.7 cm³/mol. The molecule has 0 heterocycles. The fraction of sp³-hybridized carbons (Fsp3) is 0.632. The van der Waals surface area contributed by atoms with E-state index in [2.05, 4.69) is 5.32 Å². The molecular weight excluding hydrogens is 336 g/mol. The Labute approximate surface area is 150 Å². The van der Waals surface area contributed by atoms with Gasteiger partial charge in [-0.3, -0.25) is 4.79 Å². The van der Waals surface area contributed by atoms with Crippen LogP contribution in [-0.4, -0.2) is 31.7 Å². The standard InChI is InChI=1S/C19H28N2O3S/c1-3-21(4-2)25(23,24)18-9-7-17(8-10-18)20-19(22)13-16-12-14-5-6-15(16)11-14/h7-10,14-16H,3-6,11-13H2,1-2H3,(H,20,22)/t14-,15+,16+/m0/s1. The van der Waals surface area contributed by atoms with Gasteiger partial charge in [-0.15, -0.1) is 0 Å². The second-order valence-electron chi connectivity index (χ2n) is 7.30. The molecule has 0 spiro atoms. The normalized spacial score (nSPS) is 25.5. The van der Waals surface area contributed by atoms with Crippen LogP contribution < -0.4 is 5.32 Å². The first-order valence-electron chi connectivity index (χ1n) is 9.34. The van der Waals surface area contributed by atoms with E-state index in [-0.39, 0.29) is 10.8 Å². The average molecular weight is 365 g/mol. The number of amides is 1. The molecule has 3 atom stereocenters. The second kappa shape index (κ2) is 7.46. The lowest BCUT2D eigenvalue weighted by Crippen LogP contribution is -2.30. The van der Waals surface area contributed by atoms with Gasteiger partial charge < -0.3 is 5.32 Å². The van der Waals surface area contributed by atoms with Crippen LogP contribution >= 0.6 is 0 Å². The van der Waals surface area contributed by atoms with Gasteiger partial charge in [-0.2, -0.15) is 4.31 Å². The van der Waals surface area contributed by atoms with Gasteiger partial charge in [-0.1, -0.05) is 20.3 Å². The zero-order valence-electron chi connectivity index (χ0n) is 15.1. The smallest absolute Gasteiger partial charge is 0.243 e. The van der Waals surface area contributed by atoms with Crippen LogP contribution in [0.3, 0.4) is 0 Å². The molecule has 0 saturated heterocycles. The van der Waals surface area contributed by atoms with Crippen molar-refractivity contribution < 1.29 is 13.2 Å². The van der Waals surface area contributed by atoms with Crippen molar-refractivity contribution in [1.82, 2.24) is 4.31 Å². The fourth-order valence-corrected chi connectivity index (χ4v) is 5.96. The summed E-state index contributed by atoms with van der Waals surface area (Å²) in [6.45, 7) is 4.54. The Bertz CT molecular complexity index is 711. The van der Waals surface area contributed by atoms with Gasteiger partial charge in [0.25, 0.3) is 0 Å². The molecule has 0 radical (unpaired) electrons. The van der Waals surface area contributed by atoms with Crippen LogP contribution in [0.2, 0.25) is 0 Å². The first-order valence-corrected chi connectivity index (χ1v) is 10.8. The molecule has 6 heteroatoms. The van der Waals surface area contributed by atoms with Crippen molar-refractivity contribution in [3.8, 4) is 0 Å². The Hall–Kier alpha value is -1.40. The van der Waals surface area contributed by atoms with E-state index < -0.39 is 10.0 Å². The maximum atomic E-state index is 12.5. The van der Waals surface area contributed by atoms with Crippen LogP contribution in [0.15, 0.2) is 29.2 Å². The Morgan fingerprint density at radius 1 is 1.12 bits per heavy atom. The fourth-order valence-electron chi connectivity index (χ4n) is 4.50. The summed E-state index contributed by atoms with van der Waals surface area (Å²) in [6, 6.07) is 6.49. The van der Waals surface area contributed by atoms with Crippen molar-refractivity contribution in [3.05, 3.63) is 24.3 Å². The van der Waals surface area contributed by atoms with Crippen molar-refractivity contribution in [1.29, 1.82) is 0 Å². The third kappa shape index (κ3) is 3.90. The zero-order chi connectivity index (χ0) is 18.0. The highest BCUT2D eigenvalue weighted by Gasteiger charge is 2.40. The van der Waals surface area contributed by atoms with E-state index in [0.717, 1.165) is 11.8 Å². The number of rotatable bonds is 7. The van der Waals surface area contributed by atoms with Crippen LogP contribution in [0.4, 0.5) is 5.69 Å². The Morgan fingerprint density at radius 3 is 2.32 bits per heavy atom. The number of sulfonamides is 1. The lowest BCUT2D eigenvalue weighted by atomic mass is 9.86. The van der Waals surface area contributed by atoms with E-state index in [1.165, 1.54) is 30.0 Å². The number of fused-ring (bicyclic) bond motifs is 2. The van der Waals surface area contributed by atoms with Crippen molar-refractivity contribution in [2.45, 2.75) is 50.8 Å². The monoisotopic (exact) mass is 364 g/mol. The van der Waals surface area contributed by atoms with Crippen LogP contribution in [0.25, 0.3) is 0 Å². The number of carbonyl (C=O) groups is 1. The number of carbonyl (C=O) groups excluding carboxylic acids is 1. The first kappa shape index (κ1) is 18.4. The van der Waals surface area contributed by atoms with Gasteiger partial charge in [0.05, 0.1) is 4.90 Å². The van der Waals surface area contributed by atoms with Crippen molar-refractivity contribution in [2.24, 2.45) is 17.8 Å². The highest BCUT2D eigenvalue weighted by atomic mass is 32.2. The number of anilines is 1. The molecule has 3 rings (SSSR count). The Balaban J connectivity index is 1.60. The van der Waals surface area contributed by atoms with Gasteiger partial charge >= 0.3 is 0 Å². The van der Waals surface area contributed by atoms with E-state index >= 15 is 0 Å². The van der Waals surface area contributed by atoms with Crippen LogP contribution in [0.5, 0.6) is 0 Å². The molecule has 0 aromatic heterocycles. The van der Waals surface area contributed by atoms with E-state index in [0.29, 0.717) is 31.1 Å². The molecule has 2 fully saturated rings. The van der Waals surface area contributed by atoms with Gasteiger partial charge in [-0.05, 0) is 61.3 Å². The van der Waals surface area contributed by atoms with Gasteiger partial charge in [0.2, 0.25) is 15.9 Å². The van der Waals surface area contributed by atoms with Crippen LogP contribution in [0, 0.1) is 17.8 Å². The Morgan fingerprint density at radius 2 is 1.80 bits per heavy atom. The van der Waals surface area contributed by atoms with Crippen LogP contribution in [0.1, 0.15) is 46.0 Å². The lowest BCUT2D eigenvalue weighted by Gasteiger charge is -2.21. The molecule has 1 N–H and O–H groups in total. The summed E-state index contributed by atoms with van der Waals surface area (Å²) in [7, 11) is -3.45. The molecule has 2 saturated carbocycles. The largest absolute Gasteiger partial charge is 0.326 e. The number of nitrogens with one attached hydrogen (secondary N) is 1. The molecule has 2 bridgehead atoms. The lowest BCUT2D eigenvalue weighted by molar-refractivity contribution is -0.117. The van der Waals surface area contributed by atoms with Crippen molar-refractivity contribution >= 4 is 21.6 Å². The Kier molecular flexibility index (Phi) is 5.49. The van der Waals surface area contributed by atoms with Gasteiger partial charge in [0.1, 0.15) is 0 Å². The van der Waals surface area contributed by atoms with Crippen molar-refractivity contribution in [2.75, 3.05) is 18.4 Å². The van der Waals surface area contributed by atoms with Crippen molar-refractivity contribution in [3.63, 3.8) is 0 Å². The van der Waals surface area contributed by atoms with Gasteiger partial charge in [0, 0.05) is 25.2 Å². The summed E-state index contributed by atoms with van der Waals surface area (Å²) < 4.78 is 26.4. The summed E-state index contributed by atoms with van der Waals surface area (Å²) in [5.41, 5.74) is 0.659. The van der Waals surface area contributed by atoms with Gasteiger partial charge in [-0.25, -0.2) is 8.42 Å². The molecule has 0 aliphatic heterocycles. The number of nitrogens with zero attached hydrogens (tertiary/aromatic N) is 1. The molecule has 1 amide bonds. The van der Waals surface area contributed by atoms with E-state index in [4.69, 9.17) is 0 Å². The molecule has 0 unspecified atom stereocenters. The molecule has 1 aromatic rings. The minimum Gasteiger partial charge on any atom is -0.326 e. The molecule has 25 heavy (non-hydrogen) atoms. The average Bonchev–Trinajstić information content (AvgIpc) is 3.19. The molecular formula is C19H28N2O3S. The summed E-state index contributed by atoms with van der Waals surface area (Å²) in [6.07, 6.45) is 5.70. The van der Waals surface area contributed by atoms with Crippen LogP contribution in [-0.2, 0) is 14.8 Å². The second-order valence-corrected chi connectivity index (χ2v) is 9.24. The maximum absolute atomic E-state index is 12.5. The third-order valence-corrected chi connectivity index (χ3v) is 7.88. The van der Waals surface area contributed by atoms with E-state index in [9.17, 15) is 13.2 Å². The number of hydrogen-bond acceptors (Lipinski definition) is 3. The predicted octanol–water partition coefficient (Wildman–Crippen LogP) is 3.48. The summed E-state index contributed by atoms with van der Waals surface area (Å²) in [4.78, 5) is 12.6. The SMILES string of the molecule is CCN(CC)S(=O)(=O)c1ccc(NC(=O)C[C@H]2C[C@H]3CC[C@@H]2C3)cc1. The summed E-state index contributed by atoms with van der Waals surface area (Å²) in [5.74, 6) is 2.14. The molecule has 138 valence electrons. The molecule has 2 aliphatic rings. The highest BCUT2D eigenvalue weighted by Crippen LogP contribution is 2.49. The number of benzene rings is 1. The third-order valence-electron chi connectivity index (χ3n) is 5.81. The first-order chi connectivity index (χ1) is 11.9. The summed E-state index contributed by atoms with van der Waals surface area (Å²) in [5, 5.41) is 2.92. The van der Waals surface area contributed by atoms with E-state index in [1.807, 2.05) is 13.8 Å². The summed E-state index contributed by atoms with van der Waals surface area (Å²) >= 11 is 0. The zero-order valence-corrected chi connectivity index (χ0v) is 15.9.